The quantitative estimate of drug-likeness (QED) is 0.226. The van der Waals surface area contributed by atoms with Crippen LogP contribution < -0.4 is 20.1 Å². The van der Waals surface area contributed by atoms with E-state index in [2.05, 4.69) is 10.6 Å². The molecule has 1 aliphatic carbocycles. The van der Waals surface area contributed by atoms with E-state index in [1.54, 1.807) is 13.2 Å². The summed E-state index contributed by atoms with van der Waals surface area (Å²) >= 11 is 6.71. The van der Waals surface area contributed by atoms with Crippen molar-refractivity contribution in [2.24, 2.45) is 5.92 Å². The first-order valence-corrected chi connectivity index (χ1v) is 15.6. The van der Waals surface area contributed by atoms with Gasteiger partial charge in [-0.3, -0.25) is 9.59 Å². The van der Waals surface area contributed by atoms with E-state index < -0.39 is 29.5 Å². The summed E-state index contributed by atoms with van der Waals surface area (Å²) in [6.45, 7) is 2.80. The fraction of sp³-hybridized carbons (Fsp3) is 0.412. The number of carbonyl (C=O) groups excluding carboxylic acids is 2. The van der Waals surface area contributed by atoms with Crippen LogP contribution in [0.3, 0.4) is 0 Å². The molecule has 0 bridgehead atoms. The van der Waals surface area contributed by atoms with Crippen LogP contribution in [-0.4, -0.2) is 62.2 Å². The van der Waals surface area contributed by atoms with Crippen LogP contribution in [0.5, 0.6) is 11.5 Å². The van der Waals surface area contributed by atoms with E-state index in [0.717, 1.165) is 48.3 Å². The maximum absolute atomic E-state index is 13.9. The molecule has 1 aliphatic heterocycles. The minimum Gasteiger partial charge on any atom is -0.493 e. The summed E-state index contributed by atoms with van der Waals surface area (Å²) in [5, 5.41) is 6.63. The lowest BCUT2D eigenvalue weighted by molar-refractivity contribution is -0.138. The highest BCUT2D eigenvalue weighted by Crippen LogP contribution is 2.33. The number of carbonyl (C=O) groups is 2. The first-order valence-electron chi connectivity index (χ1n) is 15.2. The van der Waals surface area contributed by atoms with Crippen molar-refractivity contribution in [1.29, 1.82) is 0 Å². The Morgan fingerprint density at radius 2 is 1.80 bits per heavy atom. The average Bonchev–Trinajstić information content (AvgIpc) is 3.89. The summed E-state index contributed by atoms with van der Waals surface area (Å²) in [6.07, 6.45) is 3.10. The third-order valence-electron chi connectivity index (χ3n) is 8.05. The number of hydrogen-bond donors (Lipinski definition) is 2. The van der Waals surface area contributed by atoms with Gasteiger partial charge in [0.25, 0.3) is 5.91 Å². The molecule has 2 aliphatic rings. The summed E-state index contributed by atoms with van der Waals surface area (Å²) in [5.74, 6) is -1.92. The Bertz CT molecular complexity index is 1490. The van der Waals surface area contributed by atoms with Crippen LogP contribution in [0.1, 0.15) is 47.2 Å². The van der Waals surface area contributed by atoms with E-state index in [-0.39, 0.29) is 17.5 Å². The second-order valence-corrected chi connectivity index (χ2v) is 11.8. The lowest BCUT2D eigenvalue weighted by atomic mass is 9.91. The minimum absolute atomic E-state index is 0.00450. The predicted molar refractivity (Wildman–Crippen MR) is 166 cm³/mol. The SMILES string of the molecule is COCCCOc1ccccc1COc1ccc(CN(C(=O)C2CNCCC2NC(=O)c2ccc(F)c(F)c2)C2CC2)c(Cl)c1. The maximum Gasteiger partial charge on any atom is 0.251 e. The summed E-state index contributed by atoms with van der Waals surface area (Å²) in [6, 6.07) is 15.8. The van der Waals surface area contributed by atoms with E-state index in [0.29, 0.717) is 56.6 Å². The van der Waals surface area contributed by atoms with Crippen molar-refractivity contribution in [2.45, 2.75) is 50.9 Å². The van der Waals surface area contributed by atoms with Gasteiger partial charge in [-0.1, -0.05) is 35.9 Å². The van der Waals surface area contributed by atoms with Gasteiger partial charge in [0, 0.05) is 61.5 Å². The Hall–Kier alpha value is -3.73. The molecular formula is C34H38ClF2N3O5. The van der Waals surface area contributed by atoms with Gasteiger partial charge in [0.1, 0.15) is 18.1 Å². The molecule has 8 nitrogen and oxygen atoms in total. The average molecular weight is 642 g/mol. The van der Waals surface area contributed by atoms with Crippen molar-refractivity contribution in [3.63, 3.8) is 0 Å². The molecule has 0 spiro atoms. The van der Waals surface area contributed by atoms with Gasteiger partial charge in [0.15, 0.2) is 11.6 Å². The number of amides is 2. The molecule has 0 aromatic heterocycles. The summed E-state index contributed by atoms with van der Waals surface area (Å²) < 4.78 is 44.1. The monoisotopic (exact) mass is 641 g/mol. The second kappa shape index (κ2) is 15.5. The smallest absolute Gasteiger partial charge is 0.251 e. The Labute approximate surface area is 267 Å². The number of halogens is 3. The van der Waals surface area contributed by atoms with Crippen LogP contribution in [0.4, 0.5) is 8.78 Å². The molecule has 1 saturated heterocycles. The van der Waals surface area contributed by atoms with Crippen molar-refractivity contribution >= 4 is 23.4 Å². The number of rotatable bonds is 14. The van der Waals surface area contributed by atoms with Crippen molar-refractivity contribution in [1.82, 2.24) is 15.5 Å². The zero-order chi connectivity index (χ0) is 31.8. The lowest BCUT2D eigenvalue weighted by Crippen LogP contribution is -2.55. The normalized spacial score (nSPS) is 17.9. The van der Waals surface area contributed by atoms with Gasteiger partial charge < -0.3 is 29.7 Å². The number of nitrogens with zero attached hydrogens (tertiary/aromatic N) is 1. The van der Waals surface area contributed by atoms with Crippen molar-refractivity contribution in [3.8, 4) is 11.5 Å². The molecule has 3 aromatic carbocycles. The van der Waals surface area contributed by atoms with E-state index in [1.807, 2.05) is 41.3 Å². The highest BCUT2D eigenvalue weighted by atomic mass is 35.5. The molecule has 11 heteroatoms. The number of ether oxygens (including phenoxy) is 3. The van der Waals surface area contributed by atoms with E-state index in [1.165, 1.54) is 6.07 Å². The summed E-state index contributed by atoms with van der Waals surface area (Å²) in [7, 11) is 1.66. The standard InChI is InChI=1S/C34H38ClF2N3O5/c1-43-15-4-16-44-32-6-3-2-5-24(32)21-45-26-11-7-23(28(35)18-26)20-40(25-9-10-25)34(42)27-19-38-14-13-31(27)39-33(41)22-8-12-29(36)30(37)17-22/h2-3,5-8,11-12,17-18,25,27,31,38H,4,9-10,13-16,19-21H2,1H3,(H,39,41). The number of hydrogen-bond acceptors (Lipinski definition) is 6. The van der Waals surface area contributed by atoms with Gasteiger partial charge >= 0.3 is 0 Å². The Balaban J connectivity index is 1.22. The fourth-order valence-electron chi connectivity index (χ4n) is 5.41. The zero-order valence-electron chi connectivity index (χ0n) is 25.2. The van der Waals surface area contributed by atoms with E-state index in [9.17, 15) is 18.4 Å². The molecule has 45 heavy (non-hydrogen) atoms. The number of para-hydroxylation sites is 1. The first-order chi connectivity index (χ1) is 21.8. The summed E-state index contributed by atoms with van der Waals surface area (Å²) in [5.41, 5.74) is 1.70. The van der Waals surface area contributed by atoms with Gasteiger partial charge in [-0.05, 0) is 67.8 Å². The van der Waals surface area contributed by atoms with Crippen molar-refractivity contribution in [3.05, 3.63) is 94.0 Å². The van der Waals surface area contributed by atoms with Gasteiger partial charge in [-0.15, -0.1) is 0 Å². The Kier molecular flexibility index (Phi) is 11.3. The molecule has 3 aromatic rings. The lowest BCUT2D eigenvalue weighted by Gasteiger charge is -2.36. The van der Waals surface area contributed by atoms with Crippen LogP contribution in [0.25, 0.3) is 0 Å². The molecule has 2 atom stereocenters. The van der Waals surface area contributed by atoms with Crippen LogP contribution >= 0.6 is 11.6 Å². The van der Waals surface area contributed by atoms with Gasteiger partial charge in [-0.25, -0.2) is 8.78 Å². The molecule has 1 heterocycles. The molecule has 1 saturated carbocycles. The van der Waals surface area contributed by atoms with E-state index >= 15 is 0 Å². The molecule has 5 rings (SSSR count). The van der Waals surface area contributed by atoms with Crippen LogP contribution in [0.15, 0.2) is 60.7 Å². The van der Waals surface area contributed by atoms with Crippen LogP contribution in [-0.2, 0) is 22.7 Å². The second-order valence-electron chi connectivity index (χ2n) is 11.3. The number of nitrogens with one attached hydrogen (secondary N) is 2. The topological polar surface area (TPSA) is 89.1 Å². The Morgan fingerprint density at radius 1 is 0.978 bits per heavy atom. The molecule has 2 amide bonds. The van der Waals surface area contributed by atoms with Gasteiger partial charge in [0.05, 0.1) is 12.5 Å². The van der Waals surface area contributed by atoms with Crippen LogP contribution in [0.2, 0.25) is 5.02 Å². The first kappa shape index (κ1) is 32.7. The van der Waals surface area contributed by atoms with Crippen LogP contribution in [0, 0.1) is 17.6 Å². The Morgan fingerprint density at radius 3 is 2.56 bits per heavy atom. The minimum atomic E-state index is -1.10. The molecular weight excluding hydrogens is 604 g/mol. The zero-order valence-corrected chi connectivity index (χ0v) is 26.0. The van der Waals surface area contributed by atoms with Gasteiger partial charge in [-0.2, -0.15) is 0 Å². The number of methoxy groups -OCH3 is 1. The summed E-state index contributed by atoms with van der Waals surface area (Å²) in [4.78, 5) is 28.6. The highest BCUT2D eigenvalue weighted by molar-refractivity contribution is 6.31. The molecule has 2 N–H and O–H groups in total. The van der Waals surface area contributed by atoms with Crippen molar-refractivity contribution in [2.75, 3.05) is 33.4 Å². The fourth-order valence-corrected chi connectivity index (χ4v) is 5.64. The maximum atomic E-state index is 13.9. The van der Waals surface area contributed by atoms with Crippen molar-refractivity contribution < 1.29 is 32.6 Å². The van der Waals surface area contributed by atoms with E-state index in [4.69, 9.17) is 25.8 Å². The largest absolute Gasteiger partial charge is 0.493 e. The predicted octanol–water partition coefficient (Wildman–Crippen LogP) is 5.51. The highest BCUT2D eigenvalue weighted by Gasteiger charge is 2.40. The third kappa shape index (κ3) is 8.71. The number of benzene rings is 3. The number of piperidine rings is 1. The third-order valence-corrected chi connectivity index (χ3v) is 8.40. The molecule has 2 unspecified atom stereocenters. The molecule has 2 fully saturated rings. The molecule has 0 radical (unpaired) electrons. The van der Waals surface area contributed by atoms with Gasteiger partial charge in [0.2, 0.25) is 5.91 Å². The molecule has 240 valence electrons.